The smallest absolute Gasteiger partial charge is 0.226 e. The van der Waals surface area contributed by atoms with Gasteiger partial charge in [0.1, 0.15) is 5.76 Å². The van der Waals surface area contributed by atoms with Crippen LogP contribution < -0.4 is 5.11 Å². The number of hydrogen-bond acceptors (Lipinski definition) is 4. The van der Waals surface area contributed by atoms with E-state index in [1.54, 1.807) is 17.0 Å². The molecule has 0 unspecified atom stereocenters. The molecule has 0 bridgehead atoms. The number of carbonyl (C=O) groups is 1. The zero-order valence-electron chi connectivity index (χ0n) is 17.5. The average molecular weight is 413 g/mol. The summed E-state index contributed by atoms with van der Waals surface area (Å²) in [5.41, 5.74) is 4.19. The summed E-state index contributed by atoms with van der Waals surface area (Å²) in [5, 5.41) is 11.5. The highest BCUT2D eigenvalue weighted by molar-refractivity contribution is 5.70. The molecule has 31 heavy (non-hydrogen) atoms. The first-order valence-corrected chi connectivity index (χ1v) is 10.5. The van der Waals surface area contributed by atoms with Gasteiger partial charge in [-0.3, -0.25) is 0 Å². The Morgan fingerprint density at radius 1 is 0.968 bits per heavy atom. The quantitative estimate of drug-likeness (QED) is 0.413. The fourth-order valence-electron chi connectivity index (χ4n) is 3.76. The van der Waals surface area contributed by atoms with Gasteiger partial charge in [0.05, 0.1) is 17.7 Å². The Balaban J connectivity index is 1.33. The normalized spacial score (nSPS) is 12.0. The van der Waals surface area contributed by atoms with Gasteiger partial charge < -0.3 is 18.9 Å². The SMILES string of the molecule is Cc1oc(-c2ccccc2)nc1CCCc1ccc(C[C@@H](C(=O)[O-])n2cccc2)cc1. The molecule has 2 heterocycles. The molecule has 0 fully saturated rings. The maximum Gasteiger partial charge on any atom is 0.226 e. The van der Waals surface area contributed by atoms with Crippen LogP contribution >= 0.6 is 0 Å². The van der Waals surface area contributed by atoms with Crippen molar-refractivity contribution in [1.82, 2.24) is 9.55 Å². The number of aromatic nitrogens is 2. The first kappa shape index (κ1) is 20.7. The van der Waals surface area contributed by atoms with Crippen LogP contribution in [0.25, 0.3) is 11.5 Å². The van der Waals surface area contributed by atoms with Crippen molar-refractivity contribution in [1.29, 1.82) is 0 Å². The summed E-state index contributed by atoms with van der Waals surface area (Å²) in [6, 6.07) is 21.0. The summed E-state index contributed by atoms with van der Waals surface area (Å²) in [7, 11) is 0. The van der Waals surface area contributed by atoms with Crippen molar-refractivity contribution < 1.29 is 14.3 Å². The second-order valence-electron chi connectivity index (χ2n) is 7.73. The third-order valence-electron chi connectivity index (χ3n) is 5.50. The molecule has 0 N–H and O–H groups in total. The van der Waals surface area contributed by atoms with E-state index < -0.39 is 12.0 Å². The molecular formula is C26H25N2O3-. The first-order valence-electron chi connectivity index (χ1n) is 10.5. The topological polar surface area (TPSA) is 71.1 Å². The maximum atomic E-state index is 11.5. The Bertz CT molecular complexity index is 1110. The minimum atomic E-state index is -1.07. The number of oxazole rings is 1. The summed E-state index contributed by atoms with van der Waals surface area (Å²) in [5.74, 6) is 0.466. The van der Waals surface area contributed by atoms with Crippen molar-refractivity contribution in [3.8, 4) is 11.5 Å². The van der Waals surface area contributed by atoms with Crippen LogP contribution in [0.4, 0.5) is 0 Å². The van der Waals surface area contributed by atoms with Crippen molar-refractivity contribution in [3.63, 3.8) is 0 Å². The second kappa shape index (κ2) is 9.47. The van der Waals surface area contributed by atoms with Gasteiger partial charge in [-0.2, -0.15) is 0 Å². The molecule has 158 valence electrons. The van der Waals surface area contributed by atoms with Crippen molar-refractivity contribution in [3.05, 3.63) is 102 Å². The standard InChI is InChI=1S/C26H26N2O3/c1-19-23(27-25(31-19)22-9-3-2-4-10-22)11-7-8-20-12-14-21(15-13-20)18-24(26(29)30)28-16-5-6-17-28/h2-6,9-10,12-17,24H,7-8,11,18H2,1H3,(H,29,30)/p-1/t24-/m0/s1. The molecule has 0 amide bonds. The van der Waals surface area contributed by atoms with Gasteiger partial charge in [0.25, 0.3) is 0 Å². The molecule has 5 nitrogen and oxygen atoms in total. The third kappa shape index (κ3) is 5.12. The van der Waals surface area contributed by atoms with Gasteiger partial charge in [0.15, 0.2) is 0 Å². The maximum absolute atomic E-state index is 11.5. The molecule has 0 aliphatic heterocycles. The van der Waals surface area contributed by atoms with E-state index in [1.165, 1.54) is 5.56 Å². The number of carboxylic acid groups (broad SMARTS) is 1. The molecule has 0 radical (unpaired) electrons. The molecule has 0 saturated heterocycles. The van der Waals surface area contributed by atoms with Crippen LogP contribution in [0, 0.1) is 6.92 Å². The highest BCUT2D eigenvalue weighted by Gasteiger charge is 2.13. The van der Waals surface area contributed by atoms with Crippen LogP contribution in [0.3, 0.4) is 0 Å². The van der Waals surface area contributed by atoms with Crippen LogP contribution in [-0.4, -0.2) is 15.5 Å². The molecular weight excluding hydrogens is 388 g/mol. The monoisotopic (exact) mass is 413 g/mol. The molecule has 0 spiro atoms. The van der Waals surface area contributed by atoms with E-state index in [9.17, 15) is 9.90 Å². The number of aryl methyl sites for hydroxylation is 3. The van der Waals surface area contributed by atoms with E-state index in [-0.39, 0.29) is 0 Å². The van der Waals surface area contributed by atoms with Crippen LogP contribution in [0.2, 0.25) is 0 Å². The van der Waals surface area contributed by atoms with Crippen LogP contribution in [0.5, 0.6) is 0 Å². The number of carboxylic acids is 1. The molecule has 5 heteroatoms. The molecule has 1 atom stereocenters. The first-order chi connectivity index (χ1) is 15.1. The lowest BCUT2D eigenvalue weighted by Crippen LogP contribution is -2.34. The molecule has 0 aliphatic carbocycles. The number of aliphatic carboxylic acids is 1. The van der Waals surface area contributed by atoms with Gasteiger partial charge in [0.2, 0.25) is 5.89 Å². The summed E-state index contributed by atoms with van der Waals surface area (Å²) in [6.45, 7) is 1.96. The van der Waals surface area contributed by atoms with Crippen molar-refractivity contribution >= 4 is 5.97 Å². The number of carbonyl (C=O) groups excluding carboxylic acids is 1. The van der Waals surface area contributed by atoms with Crippen LogP contribution in [-0.2, 0) is 24.1 Å². The fourth-order valence-corrected chi connectivity index (χ4v) is 3.76. The zero-order valence-corrected chi connectivity index (χ0v) is 17.5. The van der Waals surface area contributed by atoms with Gasteiger partial charge in [0, 0.05) is 18.0 Å². The van der Waals surface area contributed by atoms with Crippen molar-refractivity contribution in [2.75, 3.05) is 0 Å². The predicted octanol–water partition coefficient (Wildman–Crippen LogP) is 4.16. The summed E-state index contributed by atoms with van der Waals surface area (Å²) in [4.78, 5) is 16.2. The van der Waals surface area contributed by atoms with Gasteiger partial charge in [-0.15, -0.1) is 0 Å². The number of hydrogen-bond donors (Lipinski definition) is 0. The Morgan fingerprint density at radius 2 is 1.65 bits per heavy atom. The van der Waals surface area contributed by atoms with Gasteiger partial charge in [-0.1, -0.05) is 42.5 Å². The van der Waals surface area contributed by atoms with Crippen LogP contribution in [0.1, 0.15) is 35.0 Å². The van der Waals surface area contributed by atoms with E-state index >= 15 is 0 Å². The summed E-state index contributed by atoms with van der Waals surface area (Å²) >= 11 is 0. The summed E-state index contributed by atoms with van der Waals surface area (Å²) < 4.78 is 7.51. The summed E-state index contributed by atoms with van der Waals surface area (Å²) in [6.07, 6.45) is 6.65. The lowest BCUT2D eigenvalue weighted by molar-refractivity contribution is -0.310. The largest absolute Gasteiger partial charge is 0.548 e. The number of nitrogens with zero attached hydrogens (tertiary/aromatic N) is 2. The Hall–Kier alpha value is -3.60. The fraction of sp³-hybridized carbons (Fsp3) is 0.231. The highest BCUT2D eigenvalue weighted by atomic mass is 16.4. The van der Waals surface area contributed by atoms with E-state index in [0.29, 0.717) is 12.3 Å². The predicted molar refractivity (Wildman–Crippen MR) is 117 cm³/mol. The second-order valence-corrected chi connectivity index (χ2v) is 7.73. The zero-order chi connectivity index (χ0) is 21.6. The van der Waals surface area contributed by atoms with E-state index in [4.69, 9.17) is 4.42 Å². The molecule has 2 aromatic carbocycles. The van der Waals surface area contributed by atoms with Gasteiger partial charge in [-0.25, -0.2) is 4.98 Å². The number of rotatable bonds is 9. The Labute approximate surface area is 182 Å². The molecule has 2 aromatic heterocycles. The van der Waals surface area contributed by atoms with E-state index in [2.05, 4.69) is 17.1 Å². The van der Waals surface area contributed by atoms with Crippen molar-refractivity contribution in [2.24, 2.45) is 0 Å². The van der Waals surface area contributed by atoms with E-state index in [0.717, 1.165) is 41.8 Å². The van der Waals surface area contributed by atoms with Gasteiger partial charge >= 0.3 is 0 Å². The molecule has 4 rings (SSSR count). The lowest BCUT2D eigenvalue weighted by atomic mass is 10.0. The Morgan fingerprint density at radius 3 is 2.32 bits per heavy atom. The lowest BCUT2D eigenvalue weighted by Gasteiger charge is -2.20. The molecule has 0 saturated carbocycles. The number of benzene rings is 2. The van der Waals surface area contributed by atoms with Crippen LogP contribution in [0.15, 0.2) is 83.5 Å². The minimum Gasteiger partial charge on any atom is -0.548 e. The van der Waals surface area contributed by atoms with Crippen molar-refractivity contribution in [2.45, 2.75) is 38.6 Å². The minimum absolute atomic E-state index is 0.400. The molecule has 4 aromatic rings. The highest BCUT2D eigenvalue weighted by Crippen LogP contribution is 2.23. The van der Waals surface area contributed by atoms with E-state index in [1.807, 2.05) is 61.5 Å². The average Bonchev–Trinajstić information content (AvgIpc) is 3.44. The molecule has 0 aliphatic rings. The van der Waals surface area contributed by atoms with Gasteiger partial charge in [-0.05, 0) is 68.0 Å². The third-order valence-corrected chi connectivity index (χ3v) is 5.50. The Kier molecular flexibility index (Phi) is 6.32.